The van der Waals surface area contributed by atoms with Crippen LogP contribution in [0, 0.1) is 0 Å². The van der Waals surface area contributed by atoms with Gasteiger partial charge in [0.1, 0.15) is 5.82 Å². The summed E-state index contributed by atoms with van der Waals surface area (Å²) in [4.78, 5) is 16.0. The van der Waals surface area contributed by atoms with Gasteiger partial charge in [0.15, 0.2) is 0 Å². The molecular weight excluding hydrogens is 244 g/mol. The normalized spacial score (nSPS) is 11.9. The Labute approximate surface area is 110 Å². The molecule has 0 bridgehead atoms. The highest BCUT2D eigenvalue weighted by Gasteiger charge is 2.13. The molecule has 7 heteroatoms. The molecule has 0 spiro atoms. The number of nitrogens with one attached hydrogen (secondary N) is 2. The first-order valence-corrected chi connectivity index (χ1v) is 5.82. The molecule has 19 heavy (non-hydrogen) atoms. The van der Waals surface area contributed by atoms with E-state index in [1.165, 1.54) is 6.20 Å². The van der Waals surface area contributed by atoms with Crippen LogP contribution in [0.5, 0.6) is 0 Å². The van der Waals surface area contributed by atoms with Crippen LogP contribution >= 0.6 is 0 Å². The van der Waals surface area contributed by atoms with Crippen molar-refractivity contribution < 1.29 is 4.79 Å². The number of anilines is 1. The molecule has 1 unspecified atom stereocenters. The minimum Gasteiger partial charge on any atom is -0.345 e. The summed E-state index contributed by atoms with van der Waals surface area (Å²) in [7, 11) is 1.83. The van der Waals surface area contributed by atoms with Crippen molar-refractivity contribution in [3.63, 3.8) is 0 Å². The predicted molar refractivity (Wildman–Crippen MR) is 71.1 cm³/mol. The second-order valence-electron chi connectivity index (χ2n) is 4.22. The van der Waals surface area contributed by atoms with Crippen LogP contribution in [-0.2, 0) is 7.05 Å². The number of carbonyl (C=O) groups excluding carboxylic acids is 1. The van der Waals surface area contributed by atoms with Crippen LogP contribution in [0.3, 0.4) is 0 Å². The topological polar surface area (TPSA) is 97.9 Å². The van der Waals surface area contributed by atoms with Gasteiger partial charge in [0, 0.05) is 30.6 Å². The Hall–Kier alpha value is -2.41. The van der Waals surface area contributed by atoms with E-state index in [4.69, 9.17) is 5.84 Å². The van der Waals surface area contributed by atoms with E-state index in [9.17, 15) is 4.79 Å². The first kappa shape index (κ1) is 13.0. The molecule has 0 aliphatic rings. The van der Waals surface area contributed by atoms with Crippen molar-refractivity contribution in [3.8, 4) is 0 Å². The summed E-state index contributed by atoms with van der Waals surface area (Å²) in [6, 6.07) is 3.10. The molecule has 4 N–H and O–H groups in total. The van der Waals surface area contributed by atoms with Crippen LogP contribution < -0.4 is 16.6 Å². The SMILES string of the molecule is CC(NC(=O)c1ccnc(NN)c1)c1cnn(C)c1. The Morgan fingerprint density at radius 3 is 2.95 bits per heavy atom. The lowest BCUT2D eigenvalue weighted by Gasteiger charge is -2.12. The number of nitrogens with zero attached hydrogens (tertiary/aromatic N) is 3. The number of aromatic nitrogens is 3. The second kappa shape index (κ2) is 5.49. The van der Waals surface area contributed by atoms with E-state index in [2.05, 4.69) is 20.8 Å². The minimum atomic E-state index is -0.185. The third-order valence-electron chi connectivity index (χ3n) is 2.74. The molecule has 0 aromatic carbocycles. The number of hydrogen-bond acceptors (Lipinski definition) is 5. The molecule has 1 atom stereocenters. The van der Waals surface area contributed by atoms with Crippen molar-refractivity contribution in [2.75, 3.05) is 5.43 Å². The Morgan fingerprint density at radius 2 is 2.32 bits per heavy atom. The van der Waals surface area contributed by atoms with Crippen molar-refractivity contribution >= 4 is 11.7 Å². The standard InChI is InChI=1S/C12H16N6O/c1-8(10-6-15-18(2)7-10)16-12(19)9-3-4-14-11(5-9)17-13/h3-8H,13H2,1-2H3,(H,14,17)(H,16,19). The molecule has 2 heterocycles. The van der Waals surface area contributed by atoms with Gasteiger partial charge >= 0.3 is 0 Å². The van der Waals surface area contributed by atoms with Gasteiger partial charge in [-0.1, -0.05) is 0 Å². The summed E-state index contributed by atoms with van der Waals surface area (Å²) in [6.07, 6.45) is 5.12. The maximum absolute atomic E-state index is 12.1. The molecule has 2 rings (SSSR count). The third-order valence-corrected chi connectivity index (χ3v) is 2.74. The summed E-state index contributed by atoms with van der Waals surface area (Å²) in [5, 5.41) is 6.96. The average molecular weight is 260 g/mol. The zero-order chi connectivity index (χ0) is 13.8. The van der Waals surface area contributed by atoms with E-state index in [0.717, 1.165) is 5.56 Å². The van der Waals surface area contributed by atoms with Crippen molar-refractivity contribution in [2.45, 2.75) is 13.0 Å². The molecule has 0 saturated carbocycles. The van der Waals surface area contributed by atoms with E-state index >= 15 is 0 Å². The lowest BCUT2D eigenvalue weighted by molar-refractivity contribution is 0.0940. The average Bonchev–Trinajstić information content (AvgIpc) is 2.85. The van der Waals surface area contributed by atoms with Crippen LogP contribution in [0.1, 0.15) is 28.9 Å². The Morgan fingerprint density at radius 1 is 1.53 bits per heavy atom. The van der Waals surface area contributed by atoms with Crippen LogP contribution in [0.2, 0.25) is 0 Å². The number of carbonyl (C=O) groups is 1. The number of amides is 1. The molecule has 0 aliphatic heterocycles. The fraction of sp³-hybridized carbons (Fsp3) is 0.250. The first-order valence-electron chi connectivity index (χ1n) is 5.82. The lowest BCUT2D eigenvalue weighted by atomic mass is 10.1. The van der Waals surface area contributed by atoms with Gasteiger partial charge in [-0.2, -0.15) is 5.10 Å². The molecule has 0 aliphatic carbocycles. The molecule has 100 valence electrons. The fourth-order valence-corrected chi connectivity index (χ4v) is 1.68. The molecule has 0 fully saturated rings. The fourth-order valence-electron chi connectivity index (χ4n) is 1.68. The van der Waals surface area contributed by atoms with Crippen molar-refractivity contribution in [2.24, 2.45) is 12.9 Å². The highest BCUT2D eigenvalue weighted by molar-refractivity contribution is 5.95. The van der Waals surface area contributed by atoms with Crippen molar-refractivity contribution in [1.82, 2.24) is 20.1 Å². The molecule has 0 radical (unpaired) electrons. The van der Waals surface area contributed by atoms with Gasteiger partial charge < -0.3 is 10.7 Å². The maximum atomic E-state index is 12.1. The van der Waals surface area contributed by atoms with E-state index in [0.29, 0.717) is 11.4 Å². The summed E-state index contributed by atoms with van der Waals surface area (Å²) in [6.45, 7) is 1.90. The largest absolute Gasteiger partial charge is 0.345 e. The van der Waals surface area contributed by atoms with E-state index in [-0.39, 0.29) is 11.9 Å². The zero-order valence-corrected chi connectivity index (χ0v) is 10.8. The zero-order valence-electron chi connectivity index (χ0n) is 10.8. The number of aryl methyl sites for hydroxylation is 1. The monoisotopic (exact) mass is 260 g/mol. The van der Waals surface area contributed by atoms with Gasteiger partial charge in [0.2, 0.25) is 0 Å². The van der Waals surface area contributed by atoms with E-state index in [1.54, 1.807) is 23.0 Å². The summed E-state index contributed by atoms with van der Waals surface area (Å²) in [5.41, 5.74) is 3.85. The van der Waals surface area contributed by atoms with Gasteiger partial charge in [0.25, 0.3) is 5.91 Å². The van der Waals surface area contributed by atoms with Gasteiger partial charge in [-0.25, -0.2) is 10.8 Å². The van der Waals surface area contributed by atoms with Crippen molar-refractivity contribution in [1.29, 1.82) is 0 Å². The Kier molecular flexibility index (Phi) is 3.76. The number of rotatable bonds is 4. The molecule has 2 aromatic heterocycles. The summed E-state index contributed by atoms with van der Waals surface area (Å²) < 4.78 is 1.70. The lowest BCUT2D eigenvalue weighted by Crippen LogP contribution is -2.26. The predicted octanol–water partition coefficient (Wildman–Crippen LogP) is 0.592. The van der Waals surface area contributed by atoms with Gasteiger partial charge in [-0.15, -0.1) is 0 Å². The maximum Gasteiger partial charge on any atom is 0.251 e. The highest BCUT2D eigenvalue weighted by atomic mass is 16.1. The van der Waals surface area contributed by atoms with E-state index < -0.39 is 0 Å². The minimum absolute atomic E-state index is 0.122. The van der Waals surface area contributed by atoms with Crippen LogP contribution in [0.4, 0.5) is 5.82 Å². The molecule has 0 saturated heterocycles. The first-order chi connectivity index (χ1) is 9.10. The molecule has 1 amide bonds. The van der Waals surface area contributed by atoms with Crippen molar-refractivity contribution in [3.05, 3.63) is 41.9 Å². The van der Waals surface area contributed by atoms with Crippen LogP contribution in [-0.4, -0.2) is 20.7 Å². The number of pyridine rings is 1. The smallest absolute Gasteiger partial charge is 0.251 e. The number of nitrogen functional groups attached to an aromatic ring is 1. The number of hydrogen-bond donors (Lipinski definition) is 3. The number of hydrazine groups is 1. The Bertz CT molecular complexity index is 579. The summed E-state index contributed by atoms with van der Waals surface area (Å²) in [5.74, 6) is 5.52. The quantitative estimate of drug-likeness (QED) is 0.552. The molecule has 7 nitrogen and oxygen atoms in total. The van der Waals surface area contributed by atoms with Crippen LogP contribution in [0.15, 0.2) is 30.7 Å². The molecule has 2 aromatic rings. The van der Waals surface area contributed by atoms with Gasteiger partial charge in [-0.05, 0) is 19.1 Å². The van der Waals surface area contributed by atoms with E-state index in [1.807, 2.05) is 20.2 Å². The number of nitrogens with two attached hydrogens (primary N) is 1. The third kappa shape index (κ3) is 3.08. The van der Waals surface area contributed by atoms with Gasteiger partial charge in [-0.3, -0.25) is 9.48 Å². The Balaban J connectivity index is 2.08. The summed E-state index contributed by atoms with van der Waals surface area (Å²) >= 11 is 0. The van der Waals surface area contributed by atoms with Crippen LogP contribution in [0.25, 0.3) is 0 Å². The van der Waals surface area contributed by atoms with Gasteiger partial charge in [0.05, 0.1) is 12.2 Å². The molecular formula is C12H16N6O. The highest BCUT2D eigenvalue weighted by Crippen LogP contribution is 2.12. The second-order valence-corrected chi connectivity index (χ2v) is 4.22.